The number of hydrogen-bond donors (Lipinski definition) is 0. The van der Waals surface area contributed by atoms with Crippen molar-refractivity contribution in [2.45, 2.75) is 151 Å². The summed E-state index contributed by atoms with van der Waals surface area (Å²) in [5, 5.41) is 0. The molecule has 0 spiro atoms. The minimum absolute atomic E-state index is 0.0505. The van der Waals surface area contributed by atoms with Crippen LogP contribution < -0.4 is 0 Å². The lowest BCUT2D eigenvalue weighted by Crippen LogP contribution is -2.54. The predicted molar refractivity (Wildman–Crippen MR) is 153 cm³/mol. The number of hydrogen-bond acceptors (Lipinski definition) is 3. The molecule has 37 heavy (non-hydrogen) atoms. The van der Waals surface area contributed by atoms with Crippen LogP contribution in [-0.2, 0) is 9.47 Å². The van der Waals surface area contributed by atoms with E-state index in [1.165, 1.54) is 64.2 Å². The third-order valence-electron chi connectivity index (χ3n) is 13.0. The minimum atomic E-state index is -0.449. The molecule has 0 radical (unpaired) electrons. The average molecular weight is 517 g/mol. The summed E-state index contributed by atoms with van der Waals surface area (Å²) in [5.41, 5.74) is 0.989. The summed E-state index contributed by atoms with van der Waals surface area (Å²) in [4.78, 5) is 12.3. The summed E-state index contributed by atoms with van der Waals surface area (Å²) in [5.74, 6) is 6.94. The van der Waals surface area contributed by atoms with Gasteiger partial charge in [-0.25, -0.2) is 4.79 Å². The molecule has 0 N–H and O–H groups in total. The first-order valence-electron chi connectivity index (χ1n) is 16.4. The molecule has 214 valence electrons. The van der Waals surface area contributed by atoms with Crippen LogP contribution >= 0.6 is 0 Å². The molecule has 4 aliphatic rings. The zero-order valence-electron chi connectivity index (χ0n) is 25.7. The molecule has 0 aliphatic heterocycles. The molecule has 4 rings (SSSR count). The van der Waals surface area contributed by atoms with Gasteiger partial charge >= 0.3 is 6.16 Å². The highest BCUT2D eigenvalue weighted by Gasteiger charge is 2.60. The van der Waals surface area contributed by atoms with Gasteiger partial charge in [0.15, 0.2) is 0 Å². The van der Waals surface area contributed by atoms with Crippen molar-refractivity contribution in [3.8, 4) is 0 Å². The van der Waals surface area contributed by atoms with Crippen molar-refractivity contribution in [1.82, 2.24) is 0 Å². The van der Waals surface area contributed by atoms with Crippen LogP contribution in [0.3, 0.4) is 0 Å². The molecule has 3 heteroatoms. The van der Waals surface area contributed by atoms with Crippen molar-refractivity contribution in [2.75, 3.05) is 0 Å². The second kappa shape index (κ2) is 11.8. The molecular weight excluding hydrogens is 456 g/mol. The Bertz CT molecular complexity index is 762. The van der Waals surface area contributed by atoms with E-state index >= 15 is 0 Å². The fraction of sp³-hybridized carbons (Fsp3) is 0.971. The van der Waals surface area contributed by atoms with Gasteiger partial charge in [-0.3, -0.25) is 0 Å². The van der Waals surface area contributed by atoms with Crippen LogP contribution in [0.4, 0.5) is 4.79 Å². The van der Waals surface area contributed by atoms with Gasteiger partial charge in [-0.2, -0.15) is 0 Å². The van der Waals surface area contributed by atoms with Crippen LogP contribution in [0.15, 0.2) is 0 Å². The Morgan fingerprint density at radius 1 is 0.838 bits per heavy atom. The molecule has 11 unspecified atom stereocenters. The number of ether oxygens (including phenoxy) is 2. The van der Waals surface area contributed by atoms with Crippen LogP contribution in [0.5, 0.6) is 0 Å². The molecule has 4 saturated carbocycles. The standard InChI is InChI=1S/C34H60O3/c1-9-24(6)36-32(35)37-27-17-19-33(7)26(21-27)13-14-28-30-16-15-29(34(30,8)20-18-31(28)33)23(5)11-12-25(10-2)22(3)4/h22-31H,9-21H2,1-8H3. The third-order valence-corrected chi connectivity index (χ3v) is 13.0. The second-order valence-corrected chi connectivity index (χ2v) is 15.0. The van der Waals surface area contributed by atoms with E-state index in [0.717, 1.165) is 60.7 Å². The van der Waals surface area contributed by atoms with Crippen molar-refractivity contribution >= 4 is 6.16 Å². The van der Waals surface area contributed by atoms with E-state index in [0.29, 0.717) is 16.7 Å². The van der Waals surface area contributed by atoms with E-state index in [1.54, 1.807) is 0 Å². The zero-order chi connectivity index (χ0) is 27.0. The Hall–Kier alpha value is -0.730. The molecule has 4 aliphatic carbocycles. The number of carbonyl (C=O) groups is 1. The van der Waals surface area contributed by atoms with Gasteiger partial charge in [0, 0.05) is 0 Å². The van der Waals surface area contributed by atoms with Crippen molar-refractivity contribution < 1.29 is 14.3 Å². The molecule has 3 nitrogen and oxygen atoms in total. The Morgan fingerprint density at radius 2 is 1.54 bits per heavy atom. The van der Waals surface area contributed by atoms with Gasteiger partial charge in [0.2, 0.25) is 0 Å². The Morgan fingerprint density at radius 3 is 2.22 bits per heavy atom. The van der Waals surface area contributed by atoms with Crippen molar-refractivity contribution in [2.24, 2.45) is 58.2 Å². The first-order chi connectivity index (χ1) is 17.5. The lowest BCUT2D eigenvalue weighted by Gasteiger charge is -2.61. The predicted octanol–water partition coefficient (Wildman–Crippen LogP) is 10.1. The molecule has 0 heterocycles. The zero-order valence-corrected chi connectivity index (χ0v) is 25.7. The maximum absolute atomic E-state index is 12.3. The topological polar surface area (TPSA) is 35.5 Å². The molecule has 11 atom stereocenters. The lowest BCUT2D eigenvalue weighted by molar-refractivity contribution is -0.133. The maximum atomic E-state index is 12.3. The van der Waals surface area contributed by atoms with E-state index in [1.807, 2.05) is 13.8 Å². The van der Waals surface area contributed by atoms with Crippen LogP contribution in [-0.4, -0.2) is 18.4 Å². The van der Waals surface area contributed by atoms with Gasteiger partial charge in [0.1, 0.15) is 12.2 Å². The smallest absolute Gasteiger partial charge is 0.431 e. The first-order valence-corrected chi connectivity index (χ1v) is 16.4. The molecule has 0 bridgehead atoms. The average Bonchev–Trinajstić information content (AvgIpc) is 3.21. The largest absolute Gasteiger partial charge is 0.508 e. The summed E-state index contributed by atoms with van der Waals surface area (Å²) < 4.78 is 11.2. The van der Waals surface area contributed by atoms with Gasteiger partial charge in [-0.05, 0) is 136 Å². The van der Waals surface area contributed by atoms with Gasteiger partial charge < -0.3 is 9.47 Å². The van der Waals surface area contributed by atoms with E-state index in [-0.39, 0.29) is 12.2 Å². The van der Waals surface area contributed by atoms with Gasteiger partial charge in [0.05, 0.1) is 0 Å². The molecule has 4 fully saturated rings. The third kappa shape index (κ3) is 5.77. The fourth-order valence-electron chi connectivity index (χ4n) is 10.4. The van der Waals surface area contributed by atoms with Gasteiger partial charge in [0.25, 0.3) is 0 Å². The Balaban J connectivity index is 1.37. The number of carbonyl (C=O) groups excluding carboxylic acids is 1. The molecule has 0 saturated heterocycles. The summed E-state index contributed by atoms with van der Waals surface area (Å²) in [6.45, 7) is 19.1. The van der Waals surface area contributed by atoms with Gasteiger partial charge in [-0.15, -0.1) is 0 Å². The highest BCUT2D eigenvalue weighted by molar-refractivity contribution is 5.60. The lowest BCUT2D eigenvalue weighted by atomic mass is 9.44. The first kappa shape index (κ1) is 29.3. The van der Waals surface area contributed by atoms with Crippen molar-refractivity contribution in [1.29, 1.82) is 0 Å². The molecule has 0 aromatic rings. The van der Waals surface area contributed by atoms with Crippen LogP contribution in [0.25, 0.3) is 0 Å². The molecular formula is C34H60O3. The normalized spacial score (nSPS) is 41.8. The SMILES string of the molecule is CCC(C)OC(=O)OC1CCC2(C)C(CCC3C2CCC2(C)C(C(C)CCC(CC)C(C)C)CCC32)C1. The number of fused-ring (bicyclic) bond motifs is 5. The minimum Gasteiger partial charge on any atom is -0.431 e. The van der Waals surface area contributed by atoms with Crippen molar-refractivity contribution in [3.63, 3.8) is 0 Å². The molecule has 0 amide bonds. The van der Waals surface area contributed by atoms with E-state index in [2.05, 4.69) is 41.5 Å². The molecule has 0 aromatic heterocycles. The highest BCUT2D eigenvalue weighted by atomic mass is 16.7. The van der Waals surface area contributed by atoms with Crippen LogP contribution in [0.2, 0.25) is 0 Å². The quantitative estimate of drug-likeness (QED) is 0.286. The van der Waals surface area contributed by atoms with Gasteiger partial charge in [-0.1, -0.05) is 61.3 Å². The highest BCUT2D eigenvalue weighted by Crippen LogP contribution is 2.68. The summed E-state index contributed by atoms with van der Waals surface area (Å²) >= 11 is 0. The molecule has 0 aromatic carbocycles. The fourth-order valence-corrected chi connectivity index (χ4v) is 10.4. The van der Waals surface area contributed by atoms with Crippen molar-refractivity contribution in [3.05, 3.63) is 0 Å². The summed E-state index contributed by atoms with van der Waals surface area (Å²) in [6.07, 6.45) is 16.4. The van der Waals surface area contributed by atoms with Crippen LogP contribution in [0, 0.1) is 58.2 Å². The monoisotopic (exact) mass is 516 g/mol. The Kier molecular flexibility index (Phi) is 9.32. The maximum Gasteiger partial charge on any atom is 0.508 e. The second-order valence-electron chi connectivity index (χ2n) is 15.0. The summed E-state index contributed by atoms with van der Waals surface area (Å²) in [7, 11) is 0. The summed E-state index contributed by atoms with van der Waals surface area (Å²) in [6, 6.07) is 0. The van der Waals surface area contributed by atoms with E-state index < -0.39 is 6.16 Å². The van der Waals surface area contributed by atoms with E-state index in [9.17, 15) is 4.79 Å². The number of rotatable bonds is 9. The van der Waals surface area contributed by atoms with E-state index in [4.69, 9.17) is 9.47 Å². The Labute approximate surface area is 229 Å². The van der Waals surface area contributed by atoms with Crippen LogP contribution in [0.1, 0.15) is 139 Å².